The summed E-state index contributed by atoms with van der Waals surface area (Å²) in [5, 5.41) is 5.39. The SMILES string of the molecule is CCOc1cccc(C(=O)NC(=S)N2CCNC(=O)C2CC(=O)OCCOC)c1. The fraction of sp³-hybridized carbons (Fsp3) is 0.474. The Morgan fingerprint density at radius 3 is 2.86 bits per heavy atom. The van der Waals surface area contributed by atoms with Crippen LogP contribution < -0.4 is 15.4 Å². The molecule has 2 N–H and O–H groups in total. The molecule has 0 aliphatic carbocycles. The van der Waals surface area contributed by atoms with Crippen molar-refractivity contribution in [3.63, 3.8) is 0 Å². The second-order valence-electron chi connectivity index (χ2n) is 6.14. The van der Waals surface area contributed by atoms with Gasteiger partial charge in [-0.2, -0.15) is 0 Å². The number of hydrogen-bond acceptors (Lipinski definition) is 7. The van der Waals surface area contributed by atoms with E-state index in [0.717, 1.165) is 0 Å². The number of methoxy groups -OCH3 is 1. The number of nitrogens with zero attached hydrogens (tertiary/aromatic N) is 1. The molecule has 1 unspecified atom stereocenters. The third-order valence-corrected chi connectivity index (χ3v) is 4.47. The predicted molar refractivity (Wildman–Crippen MR) is 109 cm³/mol. The lowest BCUT2D eigenvalue weighted by molar-refractivity contribution is -0.148. The number of rotatable bonds is 8. The smallest absolute Gasteiger partial charge is 0.308 e. The van der Waals surface area contributed by atoms with E-state index >= 15 is 0 Å². The van der Waals surface area contributed by atoms with Gasteiger partial charge in [0.2, 0.25) is 5.91 Å². The maximum atomic E-state index is 12.6. The Morgan fingerprint density at radius 1 is 1.34 bits per heavy atom. The van der Waals surface area contributed by atoms with Crippen molar-refractivity contribution in [1.29, 1.82) is 0 Å². The lowest BCUT2D eigenvalue weighted by Crippen LogP contribution is -2.60. The summed E-state index contributed by atoms with van der Waals surface area (Å²) in [5.41, 5.74) is 0.371. The highest BCUT2D eigenvalue weighted by Crippen LogP contribution is 2.14. The second kappa shape index (κ2) is 11.3. The van der Waals surface area contributed by atoms with Crippen molar-refractivity contribution in [2.24, 2.45) is 0 Å². The first-order valence-corrected chi connectivity index (χ1v) is 9.64. The van der Waals surface area contributed by atoms with Crippen molar-refractivity contribution >= 4 is 35.1 Å². The van der Waals surface area contributed by atoms with Gasteiger partial charge in [0.15, 0.2) is 5.11 Å². The highest BCUT2D eigenvalue weighted by molar-refractivity contribution is 7.80. The third kappa shape index (κ3) is 6.68. The normalized spacial score (nSPS) is 16.0. The van der Waals surface area contributed by atoms with Gasteiger partial charge in [0.1, 0.15) is 18.4 Å². The molecule has 1 aliphatic rings. The molecule has 1 atom stereocenters. The molecule has 9 nitrogen and oxygen atoms in total. The van der Waals surface area contributed by atoms with Gasteiger partial charge in [-0.1, -0.05) is 6.07 Å². The molecule has 2 amide bonds. The summed E-state index contributed by atoms with van der Waals surface area (Å²) in [6.07, 6.45) is -0.189. The Kier molecular flexibility index (Phi) is 8.81. The van der Waals surface area contributed by atoms with Crippen LogP contribution in [0.2, 0.25) is 0 Å². The summed E-state index contributed by atoms with van der Waals surface area (Å²) in [4.78, 5) is 38.4. The quantitative estimate of drug-likeness (QED) is 0.353. The van der Waals surface area contributed by atoms with Crippen molar-refractivity contribution in [3.05, 3.63) is 29.8 Å². The van der Waals surface area contributed by atoms with Gasteiger partial charge in [0.05, 0.1) is 19.6 Å². The lowest BCUT2D eigenvalue weighted by atomic mass is 10.1. The Balaban J connectivity index is 2.02. The van der Waals surface area contributed by atoms with E-state index < -0.39 is 17.9 Å². The summed E-state index contributed by atoms with van der Waals surface area (Å²) >= 11 is 5.33. The molecule has 1 heterocycles. The van der Waals surface area contributed by atoms with Crippen LogP contribution in [0.25, 0.3) is 0 Å². The fourth-order valence-electron chi connectivity index (χ4n) is 2.75. The number of esters is 1. The standard InChI is InChI=1S/C19H25N3O6S/c1-3-27-14-6-4-5-13(11-14)17(24)21-19(29)22-8-7-20-18(25)15(22)12-16(23)28-10-9-26-2/h4-6,11,15H,3,7-10,12H2,1-2H3,(H,20,25)(H,21,24,29). The van der Waals surface area contributed by atoms with Gasteiger partial charge in [-0.25, -0.2) is 0 Å². The summed E-state index contributed by atoms with van der Waals surface area (Å²) < 4.78 is 15.3. The van der Waals surface area contributed by atoms with E-state index in [1.165, 1.54) is 12.0 Å². The number of carbonyl (C=O) groups excluding carboxylic acids is 3. The van der Waals surface area contributed by atoms with Crippen LogP contribution in [0.1, 0.15) is 23.7 Å². The highest BCUT2D eigenvalue weighted by atomic mass is 32.1. The van der Waals surface area contributed by atoms with E-state index in [4.69, 9.17) is 26.4 Å². The van der Waals surface area contributed by atoms with Crippen LogP contribution in [0.3, 0.4) is 0 Å². The van der Waals surface area contributed by atoms with Gasteiger partial charge in [0, 0.05) is 25.8 Å². The van der Waals surface area contributed by atoms with Crippen LogP contribution in [-0.2, 0) is 19.1 Å². The largest absolute Gasteiger partial charge is 0.494 e. The molecular formula is C19H25N3O6S. The first kappa shape index (κ1) is 22.6. The number of amides is 2. The molecule has 1 aromatic carbocycles. The number of benzene rings is 1. The molecule has 1 fully saturated rings. The zero-order chi connectivity index (χ0) is 21.2. The maximum Gasteiger partial charge on any atom is 0.308 e. The summed E-state index contributed by atoms with van der Waals surface area (Å²) in [6, 6.07) is 5.83. The summed E-state index contributed by atoms with van der Waals surface area (Å²) in [6.45, 7) is 3.41. The first-order valence-electron chi connectivity index (χ1n) is 9.23. The van der Waals surface area contributed by atoms with Crippen molar-refractivity contribution in [2.45, 2.75) is 19.4 Å². The summed E-state index contributed by atoms with van der Waals surface area (Å²) in [5.74, 6) is -0.758. The van der Waals surface area contributed by atoms with Gasteiger partial charge in [-0.05, 0) is 37.3 Å². The van der Waals surface area contributed by atoms with Gasteiger partial charge >= 0.3 is 5.97 Å². The number of nitrogens with one attached hydrogen (secondary N) is 2. The number of carbonyl (C=O) groups is 3. The van der Waals surface area contributed by atoms with E-state index in [9.17, 15) is 14.4 Å². The third-order valence-electron chi connectivity index (χ3n) is 4.13. The molecule has 2 rings (SSSR count). The Morgan fingerprint density at radius 2 is 2.14 bits per heavy atom. The van der Waals surface area contributed by atoms with E-state index in [1.807, 2.05) is 6.92 Å². The molecule has 0 saturated carbocycles. The lowest BCUT2D eigenvalue weighted by Gasteiger charge is -2.36. The van der Waals surface area contributed by atoms with Gasteiger partial charge in [0.25, 0.3) is 5.91 Å². The molecule has 1 saturated heterocycles. The number of thiocarbonyl (C=S) groups is 1. The molecule has 0 bridgehead atoms. The maximum absolute atomic E-state index is 12.6. The van der Waals surface area contributed by atoms with Crippen molar-refractivity contribution < 1.29 is 28.6 Å². The van der Waals surface area contributed by atoms with Gasteiger partial charge in [-0.15, -0.1) is 0 Å². The van der Waals surface area contributed by atoms with Crippen molar-refractivity contribution in [3.8, 4) is 5.75 Å². The monoisotopic (exact) mass is 423 g/mol. The second-order valence-corrected chi connectivity index (χ2v) is 6.52. The molecule has 10 heteroatoms. The molecule has 158 valence electrons. The topological polar surface area (TPSA) is 106 Å². The van der Waals surface area contributed by atoms with Crippen LogP contribution in [0.15, 0.2) is 24.3 Å². The Hall–Kier alpha value is -2.72. The van der Waals surface area contributed by atoms with Crippen molar-refractivity contribution in [2.75, 3.05) is 40.0 Å². The van der Waals surface area contributed by atoms with Gasteiger partial charge in [-0.3, -0.25) is 19.7 Å². The minimum Gasteiger partial charge on any atom is -0.494 e. The highest BCUT2D eigenvalue weighted by Gasteiger charge is 2.34. The molecule has 1 aromatic rings. The molecule has 0 aromatic heterocycles. The van der Waals surface area contributed by atoms with Crippen LogP contribution in [0, 0.1) is 0 Å². The van der Waals surface area contributed by atoms with E-state index in [0.29, 0.717) is 31.0 Å². The van der Waals surface area contributed by atoms with E-state index in [-0.39, 0.29) is 30.7 Å². The fourth-order valence-corrected chi connectivity index (χ4v) is 3.06. The average molecular weight is 423 g/mol. The van der Waals surface area contributed by atoms with Crippen LogP contribution in [-0.4, -0.2) is 73.9 Å². The van der Waals surface area contributed by atoms with Crippen molar-refractivity contribution in [1.82, 2.24) is 15.5 Å². The minimum atomic E-state index is -0.860. The molecule has 0 spiro atoms. The molecule has 1 aliphatic heterocycles. The summed E-state index contributed by atoms with van der Waals surface area (Å²) in [7, 11) is 1.50. The zero-order valence-corrected chi connectivity index (χ0v) is 17.3. The number of ether oxygens (including phenoxy) is 3. The number of hydrogen-bond donors (Lipinski definition) is 2. The zero-order valence-electron chi connectivity index (χ0n) is 16.4. The van der Waals surface area contributed by atoms with Crippen LogP contribution >= 0.6 is 12.2 Å². The Labute approximate surface area is 174 Å². The average Bonchev–Trinajstić information content (AvgIpc) is 2.70. The van der Waals surface area contributed by atoms with Crippen LogP contribution in [0.4, 0.5) is 0 Å². The van der Waals surface area contributed by atoms with Gasteiger partial charge < -0.3 is 24.4 Å². The molecular weight excluding hydrogens is 398 g/mol. The molecule has 29 heavy (non-hydrogen) atoms. The first-order chi connectivity index (χ1) is 14.0. The molecule has 0 radical (unpaired) electrons. The Bertz CT molecular complexity index is 757. The van der Waals surface area contributed by atoms with Crippen LogP contribution in [0.5, 0.6) is 5.75 Å². The number of piperazine rings is 1. The van der Waals surface area contributed by atoms with E-state index in [1.54, 1.807) is 24.3 Å². The predicted octanol–water partition coefficient (Wildman–Crippen LogP) is 0.480. The van der Waals surface area contributed by atoms with E-state index in [2.05, 4.69) is 10.6 Å². The minimum absolute atomic E-state index is 0.0707.